The third kappa shape index (κ3) is 3.99. The van der Waals surface area contributed by atoms with Gasteiger partial charge in [0.2, 0.25) is 0 Å². The Hall–Kier alpha value is -0.580. The van der Waals surface area contributed by atoms with Gasteiger partial charge in [0.15, 0.2) is 0 Å². The van der Waals surface area contributed by atoms with Crippen molar-refractivity contribution in [2.45, 2.75) is 38.1 Å². The van der Waals surface area contributed by atoms with Crippen molar-refractivity contribution in [1.29, 1.82) is 0 Å². The van der Waals surface area contributed by atoms with Crippen molar-refractivity contribution in [3.05, 3.63) is 28.2 Å². The summed E-state index contributed by atoms with van der Waals surface area (Å²) in [5, 5.41) is 3.73. The maximum atomic E-state index is 5.60. The van der Waals surface area contributed by atoms with Crippen LogP contribution < -0.4 is 10.1 Å². The topological polar surface area (TPSA) is 30.5 Å². The van der Waals surface area contributed by atoms with E-state index in [2.05, 4.69) is 33.4 Å². The van der Waals surface area contributed by atoms with Crippen LogP contribution in [0.15, 0.2) is 22.7 Å². The Labute approximate surface area is 135 Å². The highest BCUT2D eigenvalue weighted by molar-refractivity contribution is 9.10. The fraction of sp³-hybridized carbons (Fsp3) is 0.647. The molecule has 1 heterocycles. The number of benzene rings is 1. The maximum Gasteiger partial charge on any atom is 0.122 e. The van der Waals surface area contributed by atoms with Crippen LogP contribution in [0, 0.1) is 5.41 Å². The molecule has 1 aromatic carbocycles. The number of hydrogen-bond donors (Lipinski definition) is 1. The summed E-state index contributed by atoms with van der Waals surface area (Å²) in [5.74, 6) is 0.996. The molecule has 1 N–H and O–H groups in total. The van der Waals surface area contributed by atoms with E-state index in [9.17, 15) is 0 Å². The average Bonchev–Trinajstić information content (AvgIpc) is 3.31. The summed E-state index contributed by atoms with van der Waals surface area (Å²) in [7, 11) is 1.76. The van der Waals surface area contributed by atoms with E-state index in [4.69, 9.17) is 9.47 Å². The lowest BCUT2D eigenvalue weighted by Gasteiger charge is -2.38. The summed E-state index contributed by atoms with van der Waals surface area (Å²) in [6.45, 7) is 2.85. The van der Waals surface area contributed by atoms with Crippen LogP contribution in [0.3, 0.4) is 0 Å². The lowest BCUT2D eigenvalue weighted by Crippen LogP contribution is -2.41. The third-order valence-electron chi connectivity index (χ3n) is 4.70. The van der Waals surface area contributed by atoms with Crippen LogP contribution in [-0.4, -0.2) is 32.9 Å². The Morgan fingerprint density at radius 2 is 2.10 bits per heavy atom. The standard InChI is InChI=1S/C17H24BrNO2/c1-20-16-5-2-14(18)10-13(16)11-17(6-8-21-9-7-17)12-19-15-3-4-15/h2,5,10,15,19H,3-4,6-9,11-12H2,1H3. The molecule has 0 aromatic heterocycles. The van der Waals surface area contributed by atoms with E-state index in [1.165, 1.54) is 18.4 Å². The molecule has 116 valence electrons. The van der Waals surface area contributed by atoms with E-state index in [1.54, 1.807) is 7.11 Å². The minimum atomic E-state index is 0.301. The maximum absolute atomic E-state index is 5.60. The van der Waals surface area contributed by atoms with Gasteiger partial charge in [-0.3, -0.25) is 0 Å². The summed E-state index contributed by atoms with van der Waals surface area (Å²) in [6.07, 6.45) is 5.99. The Balaban J connectivity index is 1.77. The average molecular weight is 354 g/mol. The summed E-state index contributed by atoms with van der Waals surface area (Å²) < 4.78 is 12.3. The second-order valence-corrected chi connectivity index (χ2v) is 7.32. The molecule has 21 heavy (non-hydrogen) atoms. The van der Waals surface area contributed by atoms with E-state index in [-0.39, 0.29) is 0 Å². The molecule has 0 radical (unpaired) electrons. The fourth-order valence-corrected chi connectivity index (χ4v) is 3.57. The number of ether oxygens (including phenoxy) is 2. The van der Waals surface area contributed by atoms with Crippen molar-refractivity contribution in [3.63, 3.8) is 0 Å². The summed E-state index contributed by atoms with van der Waals surface area (Å²) >= 11 is 3.58. The molecular formula is C17H24BrNO2. The van der Waals surface area contributed by atoms with Crippen molar-refractivity contribution in [1.82, 2.24) is 5.32 Å². The molecule has 0 amide bonds. The second kappa shape index (κ2) is 6.67. The van der Waals surface area contributed by atoms with Crippen LogP contribution in [0.1, 0.15) is 31.2 Å². The zero-order valence-corrected chi connectivity index (χ0v) is 14.2. The van der Waals surface area contributed by atoms with Crippen LogP contribution in [0.5, 0.6) is 5.75 Å². The number of nitrogens with one attached hydrogen (secondary N) is 1. The molecule has 1 aromatic rings. The van der Waals surface area contributed by atoms with Gasteiger partial charge in [0.05, 0.1) is 7.11 Å². The highest BCUT2D eigenvalue weighted by atomic mass is 79.9. The van der Waals surface area contributed by atoms with Crippen LogP contribution in [-0.2, 0) is 11.2 Å². The summed E-state index contributed by atoms with van der Waals surface area (Å²) in [5.41, 5.74) is 1.60. The van der Waals surface area contributed by atoms with Gasteiger partial charge in [-0.1, -0.05) is 15.9 Å². The van der Waals surface area contributed by atoms with E-state index < -0.39 is 0 Å². The Bertz CT molecular complexity index is 482. The smallest absolute Gasteiger partial charge is 0.122 e. The first-order valence-electron chi connectivity index (χ1n) is 7.84. The molecule has 4 heteroatoms. The van der Waals surface area contributed by atoms with Gasteiger partial charge in [-0.15, -0.1) is 0 Å². The van der Waals surface area contributed by atoms with Crippen LogP contribution in [0.4, 0.5) is 0 Å². The van der Waals surface area contributed by atoms with Gasteiger partial charge in [0, 0.05) is 30.3 Å². The predicted octanol–water partition coefficient (Wildman–Crippen LogP) is 3.55. The Kier molecular flexibility index (Phi) is 4.87. The zero-order valence-electron chi connectivity index (χ0n) is 12.7. The van der Waals surface area contributed by atoms with E-state index in [0.717, 1.165) is 55.3 Å². The second-order valence-electron chi connectivity index (χ2n) is 6.40. The molecule has 0 atom stereocenters. The molecule has 3 rings (SSSR count). The molecule has 0 unspecified atom stereocenters. The number of hydrogen-bond acceptors (Lipinski definition) is 3. The normalized spacial score (nSPS) is 21.2. The number of methoxy groups -OCH3 is 1. The molecule has 1 saturated heterocycles. The first kappa shape index (κ1) is 15.3. The van der Waals surface area contributed by atoms with Crippen LogP contribution >= 0.6 is 15.9 Å². The lowest BCUT2D eigenvalue weighted by molar-refractivity contribution is 0.0145. The van der Waals surface area contributed by atoms with Crippen molar-refractivity contribution < 1.29 is 9.47 Å². The van der Waals surface area contributed by atoms with Crippen molar-refractivity contribution >= 4 is 15.9 Å². The molecule has 1 saturated carbocycles. The first-order valence-corrected chi connectivity index (χ1v) is 8.64. The van der Waals surface area contributed by atoms with Gasteiger partial charge < -0.3 is 14.8 Å². The molecule has 2 fully saturated rings. The predicted molar refractivity (Wildman–Crippen MR) is 87.9 cm³/mol. The van der Waals surface area contributed by atoms with Crippen LogP contribution in [0.25, 0.3) is 0 Å². The van der Waals surface area contributed by atoms with Crippen molar-refractivity contribution in [3.8, 4) is 5.75 Å². The quantitative estimate of drug-likeness (QED) is 0.848. The summed E-state index contributed by atoms with van der Waals surface area (Å²) in [6, 6.07) is 7.06. The molecule has 2 aliphatic rings. The van der Waals surface area contributed by atoms with Crippen molar-refractivity contribution in [2.75, 3.05) is 26.9 Å². The minimum Gasteiger partial charge on any atom is -0.496 e. The third-order valence-corrected chi connectivity index (χ3v) is 5.20. The fourth-order valence-electron chi connectivity index (χ4n) is 3.16. The van der Waals surface area contributed by atoms with Gasteiger partial charge in [0.25, 0.3) is 0 Å². The number of rotatable bonds is 6. The van der Waals surface area contributed by atoms with Crippen molar-refractivity contribution in [2.24, 2.45) is 5.41 Å². The Morgan fingerprint density at radius 3 is 2.76 bits per heavy atom. The van der Waals surface area contributed by atoms with Gasteiger partial charge in [-0.05, 0) is 61.3 Å². The van der Waals surface area contributed by atoms with E-state index in [0.29, 0.717) is 5.41 Å². The largest absolute Gasteiger partial charge is 0.496 e. The SMILES string of the molecule is COc1ccc(Br)cc1CC1(CNC2CC2)CCOCC1. The van der Waals surface area contributed by atoms with Crippen LogP contribution in [0.2, 0.25) is 0 Å². The molecule has 0 bridgehead atoms. The molecular weight excluding hydrogens is 330 g/mol. The molecule has 3 nitrogen and oxygen atoms in total. The van der Waals surface area contributed by atoms with E-state index >= 15 is 0 Å². The first-order chi connectivity index (χ1) is 10.2. The van der Waals surface area contributed by atoms with Gasteiger partial charge >= 0.3 is 0 Å². The lowest BCUT2D eigenvalue weighted by atomic mass is 9.75. The summed E-state index contributed by atoms with van der Waals surface area (Å²) in [4.78, 5) is 0. The molecule has 1 aliphatic carbocycles. The highest BCUT2D eigenvalue weighted by Gasteiger charge is 2.35. The molecule has 1 aliphatic heterocycles. The highest BCUT2D eigenvalue weighted by Crippen LogP contribution is 2.38. The van der Waals surface area contributed by atoms with Gasteiger partial charge in [-0.2, -0.15) is 0 Å². The number of halogens is 1. The van der Waals surface area contributed by atoms with Gasteiger partial charge in [-0.25, -0.2) is 0 Å². The minimum absolute atomic E-state index is 0.301. The Morgan fingerprint density at radius 1 is 1.33 bits per heavy atom. The zero-order chi connectivity index (χ0) is 14.7. The van der Waals surface area contributed by atoms with E-state index in [1.807, 2.05) is 6.07 Å². The van der Waals surface area contributed by atoms with Gasteiger partial charge in [0.1, 0.15) is 5.75 Å². The molecule has 0 spiro atoms. The monoisotopic (exact) mass is 353 g/mol.